The maximum atomic E-state index is 13.1. The van der Waals surface area contributed by atoms with Gasteiger partial charge < -0.3 is 10.1 Å². The number of hydrogen-bond donors (Lipinski definition) is 1. The summed E-state index contributed by atoms with van der Waals surface area (Å²) in [5, 5.41) is 2.87. The SMILES string of the molecule is CCC(C)NC(=O)C1CN(S(=O)(=O)Cc2ccccc2)c2ccccc2O1. The number of hydrogen-bond acceptors (Lipinski definition) is 4. The molecule has 3 rings (SSSR count). The first-order chi connectivity index (χ1) is 12.9. The molecule has 27 heavy (non-hydrogen) atoms. The molecule has 1 aliphatic heterocycles. The third-order valence-corrected chi connectivity index (χ3v) is 6.27. The Morgan fingerprint density at radius 2 is 1.85 bits per heavy atom. The van der Waals surface area contributed by atoms with Gasteiger partial charge >= 0.3 is 0 Å². The Labute approximate surface area is 160 Å². The third-order valence-electron chi connectivity index (χ3n) is 4.56. The fourth-order valence-electron chi connectivity index (χ4n) is 2.90. The number of nitrogens with one attached hydrogen (secondary N) is 1. The van der Waals surface area contributed by atoms with Crippen molar-refractivity contribution in [2.24, 2.45) is 0 Å². The molecule has 6 nitrogen and oxygen atoms in total. The number of carbonyl (C=O) groups is 1. The molecule has 0 radical (unpaired) electrons. The van der Waals surface area contributed by atoms with E-state index in [4.69, 9.17) is 4.74 Å². The topological polar surface area (TPSA) is 75.7 Å². The molecule has 2 aromatic rings. The normalized spacial score (nSPS) is 17.6. The van der Waals surface area contributed by atoms with Gasteiger partial charge in [0.15, 0.2) is 6.10 Å². The standard InChI is InChI=1S/C20H24N2O4S/c1-3-15(2)21-20(23)19-13-22(17-11-7-8-12-18(17)26-19)27(24,25)14-16-9-5-4-6-10-16/h4-12,15,19H,3,13-14H2,1-2H3,(H,21,23). The highest BCUT2D eigenvalue weighted by atomic mass is 32.2. The van der Waals surface area contributed by atoms with Crippen LogP contribution in [-0.4, -0.2) is 33.0 Å². The molecule has 1 heterocycles. The molecule has 0 saturated carbocycles. The molecule has 0 fully saturated rings. The van der Waals surface area contributed by atoms with Crippen LogP contribution in [0, 0.1) is 0 Å². The zero-order chi connectivity index (χ0) is 19.4. The molecule has 0 bridgehead atoms. The van der Waals surface area contributed by atoms with Gasteiger partial charge in [-0.25, -0.2) is 8.42 Å². The van der Waals surface area contributed by atoms with Gasteiger partial charge in [0.1, 0.15) is 5.75 Å². The van der Waals surface area contributed by atoms with E-state index in [1.54, 1.807) is 48.5 Å². The summed E-state index contributed by atoms with van der Waals surface area (Å²) >= 11 is 0. The van der Waals surface area contributed by atoms with Crippen molar-refractivity contribution in [1.82, 2.24) is 5.32 Å². The van der Waals surface area contributed by atoms with Crippen molar-refractivity contribution in [2.45, 2.75) is 38.2 Å². The predicted octanol–water partition coefficient (Wildman–Crippen LogP) is 2.70. The van der Waals surface area contributed by atoms with Gasteiger partial charge in [0.25, 0.3) is 5.91 Å². The van der Waals surface area contributed by atoms with Gasteiger partial charge in [0.05, 0.1) is 18.0 Å². The summed E-state index contributed by atoms with van der Waals surface area (Å²) in [4.78, 5) is 12.6. The molecular weight excluding hydrogens is 364 g/mol. The van der Waals surface area contributed by atoms with E-state index >= 15 is 0 Å². The largest absolute Gasteiger partial charge is 0.476 e. The van der Waals surface area contributed by atoms with Crippen LogP contribution >= 0.6 is 0 Å². The van der Waals surface area contributed by atoms with E-state index in [9.17, 15) is 13.2 Å². The number of carbonyl (C=O) groups excluding carboxylic acids is 1. The molecule has 7 heteroatoms. The van der Waals surface area contributed by atoms with Crippen molar-refractivity contribution in [3.63, 3.8) is 0 Å². The minimum atomic E-state index is -3.68. The quantitative estimate of drug-likeness (QED) is 0.826. The number of nitrogens with zero attached hydrogens (tertiary/aromatic N) is 1. The lowest BCUT2D eigenvalue weighted by atomic mass is 10.2. The van der Waals surface area contributed by atoms with Crippen LogP contribution in [0.25, 0.3) is 0 Å². The number of sulfonamides is 1. The number of para-hydroxylation sites is 2. The highest BCUT2D eigenvalue weighted by Crippen LogP contribution is 2.35. The van der Waals surface area contributed by atoms with Gasteiger partial charge in [-0.05, 0) is 31.0 Å². The van der Waals surface area contributed by atoms with Gasteiger partial charge in [0, 0.05) is 6.04 Å². The highest BCUT2D eigenvalue weighted by Gasteiger charge is 2.36. The van der Waals surface area contributed by atoms with Crippen molar-refractivity contribution >= 4 is 21.6 Å². The molecule has 1 amide bonds. The second kappa shape index (κ2) is 8.00. The zero-order valence-corrected chi connectivity index (χ0v) is 16.3. The maximum Gasteiger partial charge on any atom is 0.263 e. The Morgan fingerprint density at radius 1 is 1.19 bits per heavy atom. The van der Waals surface area contributed by atoms with E-state index in [2.05, 4.69) is 5.32 Å². The Bertz CT molecular complexity index is 899. The van der Waals surface area contributed by atoms with Crippen LogP contribution in [0.2, 0.25) is 0 Å². The number of benzene rings is 2. The molecular formula is C20H24N2O4S. The Morgan fingerprint density at radius 3 is 2.56 bits per heavy atom. The summed E-state index contributed by atoms with van der Waals surface area (Å²) in [6, 6.07) is 15.9. The first kappa shape index (κ1) is 19.2. The van der Waals surface area contributed by atoms with Crippen LogP contribution in [0.5, 0.6) is 5.75 Å². The number of anilines is 1. The monoisotopic (exact) mass is 388 g/mol. The van der Waals surface area contributed by atoms with Crippen LogP contribution in [-0.2, 0) is 20.6 Å². The second-order valence-electron chi connectivity index (χ2n) is 6.67. The van der Waals surface area contributed by atoms with Gasteiger partial charge in [-0.2, -0.15) is 0 Å². The number of fused-ring (bicyclic) bond motifs is 1. The molecule has 2 atom stereocenters. The predicted molar refractivity (Wildman–Crippen MR) is 105 cm³/mol. The summed E-state index contributed by atoms with van der Waals surface area (Å²) in [6.45, 7) is 3.83. The average molecular weight is 388 g/mol. The maximum absolute atomic E-state index is 13.1. The fraction of sp³-hybridized carbons (Fsp3) is 0.350. The van der Waals surface area contributed by atoms with Crippen LogP contribution in [0.4, 0.5) is 5.69 Å². The van der Waals surface area contributed by atoms with Crippen LogP contribution in [0.15, 0.2) is 54.6 Å². The van der Waals surface area contributed by atoms with Crippen molar-refractivity contribution in [3.8, 4) is 5.75 Å². The number of ether oxygens (including phenoxy) is 1. The Balaban J connectivity index is 1.89. The van der Waals surface area contributed by atoms with Gasteiger partial charge in [-0.3, -0.25) is 9.10 Å². The molecule has 0 aliphatic carbocycles. The smallest absolute Gasteiger partial charge is 0.263 e. The van der Waals surface area contributed by atoms with E-state index in [1.165, 1.54) is 4.31 Å². The Kier molecular flexibility index (Phi) is 5.70. The first-order valence-corrected chi connectivity index (χ1v) is 10.6. The van der Waals surface area contributed by atoms with Crippen LogP contribution in [0.1, 0.15) is 25.8 Å². The zero-order valence-electron chi connectivity index (χ0n) is 15.5. The summed E-state index contributed by atoms with van der Waals surface area (Å²) < 4.78 is 33.3. The van der Waals surface area contributed by atoms with E-state index in [-0.39, 0.29) is 24.2 Å². The van der Waals surface area contributed by atoms with Crippen LogP contribution < -0.4 is 14.4 Å². The van der Waals surface area contributed by atoms with Crippen molar-refractivity contribution in [3.05, 3.63) is 60.2 Å². The van der Waals surface area contributed by atoms with Crippen molar-refractivity contribution < 1.29 is 17.9 Å². The van der Waals surface area contributed by atoms with Gasteiger partial charge in [0.2, 0.25) is 10.0 Å². The van der Waals surface area contributed by atoms with Crippen molar-refractivity contribution in [2.75, 3.05) is 10.8 Å². The molecule has 0 aromatic heterocycles. The molecule has 0 spiro atoms. The lowest BCUT2D eigenvalue weighted by molar-refractivity contribution is -0.128. The molecule has 2 unspecified atom stereocenters. The summed E-state index contributed by atoms with van der Waals surface area (Å²) in [5.41, 5.74) is 1.16. The second-order valence-corrected chi connectivity index (χ2v) is 8.56. The lowest BCUT2D eigenvalue weighted by Gasteiger charge is -2.35. The van der Waals surface area contributed by atoms with Crippen molar-refractivity contribution in [1.29, 1.82) is 0 Å². The van der Waals surface area contributed by atoms with Gasteiger partial charge in [-0.15, -0.1) is 0 Å². The summed E-state index contributed by atoms with van der Waals surface area (Å²) in [7, 11) is -3.68. The average Bonchev–Trinajstić information content (AvgIpc) is 2.67. The minimum Gasteiger partial charge on any atom is -0.476 e. The number of amides is 1. The third kappa shape index (κ3) is 4.42. The number of rotatable bonds is 6. The highest BCUT2D eigenvalue weighted by molar-refractivity contribution is 7.92. The summed E-state index contributed by atoms with van der Waals surface area (Å²) in [5.74, 6) is -0.0505. The fourth-order valence-corrected chi connectivity index (χ4v) is 4.49. The lowest BCUT2D eigenvalue weighted by Crippen LogP contribution is -2.52. The molecule has 2 aromatic carbocycles. The molecule has 1 N–H and O–H groups in total. The van der Waals surface area contributed by atoms with E-state index in [0.29, 0.717) is 17.0 Å². The van der Waals surface area contributed by atoms with E-state index < -0.39 is 16.1 Å². The molecule has 144 valence electrons. The Hall–Kier alpha value is -2.54. The minimum absolute atomic E-state index is 0.00681. The summed E-state index contributed by atoms with van der Waals surface area (Å²) in [6.07, 6.45) is -0.107. The first-order valence-electron chi connectivity index (χ1n) is 9.01. The molecule has 1 aliphatic rings. The van der Waals surface area contributed by atoms with E-state index in [0.717, 1.165) is 6.42 Å². The van der Waals surface area contributed by atoms with Crippen LogP contribution in [0.3, 0.4) is 0 Å². The van der Waals surface area contributed by atoms with E-state index in [1.807, 2.05) is 19.9 Å². The van der Waals surface area contributed by atoms with Gasteiger partial charge in [-0.1, -0.05) is 49.4 Å². The molecule has 0 saturated heterocycles.